The van der Waals surface area contributed by atoms with Gasteiger partial charge < -0.3 is 10.2 Å². The normalized spacial score (nSPS) is 18.1. The molecule has 0 unspecified atom stereocenters. The van der Waals surface area contributed by atoms with Crippen LogP contribution in [-0.4, -0.2) is 46.3 Å². The zero-order chi connectivity index (χ0) is 21.5. The first-order valence-corrected chi connectivity index (χ1v) is 10.1. The van der Waals surface area contributed by atoms with Gasteiger partial charge in [-0.1, -0.05) is 29.8 Å². The molecule has 0 aromatic heterocycles. The number of imide groups is 1. The molecule has 4 rings (SSSR count). The summed E-state index contributed by atoms with van der Waals surface area (Å²) in [5.74, 6) is -0.999. The average molecular weight is 430 g/mol. The van der Waals surface area contributed by atoms with Crippen LogP contribution in [0.1, 0.15) is 34.3 Å². The molecule has 6 nitrogen and oxygen atoms in total. The Hall–Kier alpha value is -2.93. The average Bonchev–Trinajstić information content (AvgIpc) is 2.94. The molecule has 2 aromatic carbocycles. The summed E-state index contributed by atoms with van der Waals surface area (Å²) < 4.78 is 13.8. The van der Waals surface area contributed by atoms with Gasteiger partial charge in [-0.2, -0.15) is 0 Å². The van der Waals surface area contributed by atoms with Gasteiger partial charge >= 0.3 is 6.03 Å². The molecule has 0 radical (unpaired) electrons. The number of aryl methyl sites for hydroxylation is 1. The lowest BCUT2D eigenvalue weighted by atomic mass is 9.87. The summed E-state index contributed by atoms with van der Waals surface area (Å²) in [6.45, 7) is 2.37. The number of hydrogen-bond donors (Lipinski definition) is 1. The van der Waals surface area contributed by atoms with Crippen molar-refractivity contribution in [2.75, 3.05) is 13.1 Å². The lowest BCUT2D eigenvalue weighted by molar-refractivity contribution is -0.133. The Morgan fingerprint density at radius 3 is 2.57 bits per heavy atom. The monoisotopic (exact) mass is 429 g/mol. The van der Waals surface area contributed by atoms with Crippen LogP contribution in [0.4, 0.5) is 9.18 Å². The molecule has 1 N–H and O–H groups in total. The third-order valence-electron chi connectivity index (χ3n) is 5.80. The number of benzene rings is 2. The van der Waals surface area contributed by atoms with Crippen molar-refractivity contribution in [3.05, 3.63) is 70.0 Å². The highest BCUT2D eigenvalue weighted by Crippen LogP contribution is 2.31. The smallest absolute Gasteiger partial charge is 0.325 e. The summed E-state index contributed by atoms with van der Waals surface area (Å²) in [6.07, 6.45) is 0.618. The van der Waals surface area contributed by atoms with E-state index in [1.54, 1.807) is 48.2 Å². The number of hydrogen-bond acceptors (Lipinski definition) is 3. The number of piperidine rings is 1. The van der Waals surface area contributed by atoms with Crippen molar-refractivity contribution in [3.8, 4) is 0 Å². The molecule has 2 heterocycles. The maximum absolute atomic E-state index is 13.8. The standard InChI is InChI=1S/C22H21ClFN3O3/c1-14-5-6-16(12-18(14)24)19(28)26-9-7-22(8-10-26)20(29)27(21(30)25-22)13-15-3-2-4-17(23)11-15/h2-6,11-12H,7-10,13H2,1H3,(H,25,30). The van der Waals surface area contributed by atoms with Gasteiger partial charge in [0.2, 0.25) is 0 Å². The van der Waals surface area contributed by atoms with Crippen molar-refractivity contribution >= 4 is 29.4 Å². The molecule has 30 heavy (non-hydrogen) atoms. The number of carbonyl (C=O) groups is 3. The summed E-state index contributed by atoms with van der Waals surface area (Å²) in [4.78, 5) is 41.1. The van der Waals surface area contributed by atoms with Crippen LogP contribution in [0.2, 0.25) is 5.02 Å². The van der Waals surface area contributed by atoms with Crippen molar-refractivity contribution < 1.29 is 18.8 Å². The molecule has 0 aliphatic carbocycles. The van der Waals surface area contributed by atoms with Gasteiger partial charge in [-0.25, -0.2) is 9.18 Å². The van der Waals surface area contributed by atoms with Crippen molar-refractivity contribution in [3.63, 3.8) is 0 Å². The predicted molar refractivity (Wildman–Crippen MR) is 110 cm³/mol. The third kappa shape index (κ3) is 3.65. The topological polar surface area (TPSA) is 69.7 Å². The predicted octanol–water partition coefficient (Wildman–Crippen LogP) is 3.51. The first-order valence-electron chi connectivity index (χ1n) is 9.73. The fraction of sp³-hybridized carbons (Fsp3) is 0.318. The van der Waals surface area contributed by atoms with Crippen LogP contribution in [0.25, 0.3) is 0 Å². The number of nitrogens with one attached hydrogen (secondary N) is 1. The molecule has 2 fully saturated rings. The summed E-state index contributed by atoms with van der Waals surface area (Å²) in [5.41, 5.74) is 0.504. The fourth-order valence-electron chi connectivity index (χ4n) is 3.98. The highest BCUT2D eigenvalue weighted by Gasteiger charge is 2.52. The number of rotatable bonds is 3. The van der Waals surface area contributed by atoms with E-state index in [2.05, 4.69) is 5.32 Å². The minimum atomic E-state index is -1.01. The molecule has 8 heteroatoms. The molecule has 0 bridgehead atoms. The van der Waals surface area contributed by atoms with E-state index in [1.165, 1.54) is 11.0 Å². The molecule has 2 saturated heterocycles. The number of likely N-dealkylation sites (tertiary alicyclic amines) is 1. The zero-order valence-corrected chi connectivity index (χ0v) is 17.2. The van der Waals surface area contributed by atoms with Crippen molar-refractivity contribution in [1.29, 1.82) is 0 Å². The first-order chi connectivity index (χ1) is 14.3. The van der Waals surface area contributed by atoms with Gasteiger partial charge in [0.05, 0.1) is 6.54 Å². The highest BCUT2D eigenvalue weighted by atomic mass is 35.5. The molecule has 156 valence electrons. The van der Waals surface area contributed by atoms with Gasteiger partial charge in [0, 0.05) is 23.7 Å². The van der Waals surface area contributed by atoms with E-state index in [1.807, 2.05) is 0 Å². The van der Waals surface area contributed by atoms with E-state index in [0.717, 1.165) is 5.56 Å². The van der Waals surface area contributed by atoms with E-state index in [4.69, 9.17) is 11.6 Å². The molecular weight excluding hydrogens is 409 g/mol. The number of amides is 4. The Morgan fingerprint density at radius 2 is 1.90 bits per heavy atom. The van der Waals surface area contributed by atoms with E-state index >= 15 is 0 Å². The van der Waals surface area contributed by atoms with Gasteiger partial charge in [0.15, 0.2) is 0 Å². The van der Waals surface area contributed by atoms with Gasteiger partial charge in [0.1, 0.15) is 11.4 Å². The van der Waals surface area contributed by atoms with Gasteiger partial charge in [-0.05, 0) is 55.2 Å². The van der Waals surface area contributed by atoms with E-state index in [-0.39, 0.29) is 23.9 Å². The van der Waals surface area contributed by atoms with Crippen molar-refractivity contribution in [2.24, 2.45) is 0 Å². The van der Waals surface area contributed by atoms with E-state index in [0.29, 0.717) is 36.5 Å². The van der Waals surface area contributed by atoms with Crippen LogP contribution >= 0.6 is 11.6 Å². The molecule has 1 spiro atoms. The van der Waals surface area contributed by atoms with Gasteiger partial charge in [-0.15, -0.1) is 0 Å². The molecule has 2 aromatic rings. The second kappa shape index (κ2) is 7.72. The van der Waals surface area contributed by atoms with Crippen molar-refractivity contribution in [2.45, 2.75) is 31.8 Å². The molecule has 2 aliphatic heterocycles. The summed E-state index contributed by atoms with van der Waals surface area (Å²) in [7, 11) is 0. The van der Waals surface area contributed by atoms with E-state index < -0.39 is 17.4 Å². The molecular formula is C22H21ClFN3O3. The Kier molecular flexibility index (Phi) is 5.24. The molecule has 4 amide bonds. The van der Waals surface area contributed by atoms with Crippen LogP contribution in [-0.2, 0) is 11.3 Å². The summed E-state index contributed by atoms with van der Waals surface area (Å²) in [6, 6.07) is 11.0. The van der Waals surface area contributed by atoms with Crippen LogP contribution in [0, 0.1) is 12.7 Å². The van der Waals surface area contributed by atoms with Crippen LogP contribution < -0.4 is 5.32 Å². The Labute approximate surface area is 178 Å². The highest BCUT2D eigenvalue weighted by molar-refractivity contribution is 6.30. The minimum absolute atomic E-state index is 0.137. The quantitative estimate of drug-likeness (QED) is 0.759. The van der Waals surface area contributed by atoms with Crippen LogP contribution in [0.3, 0.4) is 0 Å². The number of urea groups is 1. The largest absolute Gasteiger partial charge is 0.338 e. The summed E-state index contributed by atoms with van der Waals surface area (Å²) in [5, 5.41) is 3.36. The molecule has 0 atom stereocenters. The zero-order valence-electron chi connectivity index (χ0n) is 16.5. The van der Waals surface area contributed by atoms with Gasteiger partial charge in [0.25, 0.3) is 11.8 Å². The Bertz CT molecular complexity index is 1030. The van der Waals surface area contributed by atoms with E-state index in [9.17, 15) is 18.8 Å². The number of nitrogens with zero attached hydrogens (tertiary/aromatic N) is 2. The second-order valence-electron chi connectivity index (χ2n) is 7.79. The Morgan fingerprint density at radius 1 is 1.17 bits per heavy atom. The number of halogens is 2. The maximum Gasteiger partial charge on any atom is 0.325 e. The SMILES string of the molecule is Cc1ccc(C(=O)N2CCC3(CC2)NC(=O)N(Cc2cccc(Cl)c2)C3=O)cc1F. The molecule has 0 saturated carbocycles. The lowest BCUT2D eigenvalue weighted by Crippen LogP contribution is -2.55. The lowest BCUT2D eigenvalue weighted by Gasteiger charge is -2.37. The first kappa shape index (κ1) is 20.3. The van der Waals surface area contributed by atoms with Crippen molar-refractivity contribution in [1.82, 2.24) is 15.1 Å². The number of carbonyl (C=O) groups excluding carboxylic acids is 3. The van der Waals surface area contributed by atoms with Crippen LogP contribution in [0.15, 0.2) is 42.5 Å². The summed E-state index contributed by atoms with van der Waals surface area (Å²) >= 11 is 5.99. The third-order valence-corrected chi connectivity index (χ3v) is 6.03. The molecule has 2 aliphatic rings. The maximum atomic E-state index is 13.8. The second-order valence-corrected chi connectivity index (χ2v) is 8.23. The van der Waals surface area contributed by atoms with Crippen LogP contribution in [0.5, 0.6) is 0 Å². The van der Waals surface area contributed by atoms with Gasteiger partial charge in [-0.3, -0.25) is 14.5 Å². The Balaban J connectivity index is 1.44. The fourth-order valence-corrected chi connectivity index (χ4v) is 4.19. The minimum Gasteiger partial charge on any atom is -0.338 e.